The summed E-state index contributed by atoms with van der Waals surface area (Å²) in [5, 5.41) is 13.5. The van der Waals surface area contributed by atoms with Crippen LogP contribution in [0.25, 0.3) is 0 Å². The van der Waals surface area contributed by atoms with Gasteiger partial charge in [0.2, 0.25) is 5.82 Å². The van der Waals surface area contributed by atoms with Crippen LogP contribution < -0.4 is 10.1 Å². The van der Waals surface area contributed by atoms with Crippen molar-refractivity contribution in [2.75, 3.05) is 13.2 Å². The van der Waals surface area contributed by atoms with E-state index in [1.807, 2.05) is 13.8 Å². The van der Waals surface area contributed by atoms with E-state index in [9.17, 15) is 18.9 Å². The Balaban J connectivity index is 2.67. The largest absolute Gasteiger partial charge is 0.486 e. The van der Waals surface area contributed by atoms with Gasteiger partial charge in [0, 0.05) is 18.7 Å². The van der Waals surface area contributed by atoms with E-state index in [-0.39, 0.29) is 18.4 Å². The number of halogens is 2. The van der Waals surface area contributed by atoms with Crippen LogP contribution in [0.15, 0.2) is 24.3 Å². The highest BCUT2D eigenvalue weighted by Crippen LogP contribution is 2.26. The fourth-order valence-electron chi connectivity index (χ4n) is 1.35. The summed E-state index contributed by atoms with van der Waals surface area (Å²) in [6.45, 7) is 8.12. The van der Waals surface area contributed by atoms with E-state index in [0.29, 0.717) is 24.3 Å². The van der Waals surface area contributed by atoms with Crippen molar-refractivity contribution < 1.29 is 18.4 Å². The van der Waals surface area contributed by atoms with Gasteiger partial charge in [-0.25, -0.2) is 4.39 Å². The molecule has 0 spiro atoms. The van der Waals surface area contributed by atoms with Crippen LogP contribution in [-0.2, 0) is 0 Å². The Hall–Kier alpha value is -2.02. The summed E-state index contributed by atoms with van der Waals surface area (Å²) < 4.78 is 31.9. The number of ether oxygens (including phenoxy) is 1. The number of hydrogen-bond acceptors (Lipinski definition) is 4. The van der Waals surface area contributed by atoms with Gasteiger partial charge in [-0.2, -0.15) is 4.39 Å². The highest BCUT2D eigenvalue weighted by atomic mass is 19.1. The molecule has 0 saturated heterocycles. The number of rotatable bonds is 7. The minimum absolute atomic E-state index is 0.00606. The van der Waals surface area contributed by atoms with Gasteiger partial charge >= 0.3 is 5.69 Å². The molecule has 0 aliphatic rings. The third-order valence-corrected chi connectivity index (χ3v) is 2.39. The zero-order valence-electron chi connectivity index (χ0n) is 11.3. The van der Waals surface area contributed by atoms with E-state index in [1.54, 1.807) is 0 Å². The fraction of sp³-hybridized carbons (Fsp3) is 0.385. The maximum Gasteiger partial charge on any atom is 0.307 e. The van der Waals surface area contributed by atoms with Crippen molar-refractivity contribution >= 4 is 5.69 Å². The maximum atomic E-state index is 13.5. The number of hydrogen-bond donors (Lipinski definition) is 1. The predicted molar refractivity (Wildman–Crippen MR) is 70.8 cm³/mol. The average Bonchev–Trinajstić information content (AvgIpc) is 2.36. The van der Waals surface area contributed by atoms with E-state index >= 15 is 0 Å². The molecule has 0 bridgehead atoms. The van der Waals surface area contributed by atoms with Gasteiger partial charge in [-0.05, 0) is 5.57 Å². The summed E-state index contributed by atoms with van der Waals surface area (Å²) in [6, 6.07) is 1.43. The average molecular weight is 286 g/mol. The highest BCUT2D eigenvalue weighted by molar-refractivity contribution is 5.39. The molecule has 0 amide bonds. The van der Waals surface area contributed by atoms with Gasteiger partial charge in [0.15, 0.2) is 11.6 Å². The van der Waals surface area contributed by atoms with Crippen LogP contribution in [0.2, 0.25) is 0 Å². The number of nitrogens with one attached hydrogen (secondary N) is 1. The van der Waals surface area contributed by atoms with Crippen LogP contribution in [0.5, 0.6) is 5.75 Å². The first-order valence-corrected chi connectivity index (χ1v) is 5.97. The SMILES string of the molecule is C=C(CNC(C)C)COc1cc(F)c([N+](=O)[O-])cc1F. The molecule has 1 N–H and O–H groups in total. The summed E-state index contributed by atoms with van der Waals surface area (Å²) in [4.78, 5) is 9.44. The lowest BCUT2D eigenvalue weighted by Crippen LogP contribution is -2.26. The molecule has 20 heavy (non-hydrogen) atoms. The minimum atomic E-state index is -1.14. The lowest BCUT2D eigenvalue weighted by atomic mass is 10.2. The van der Waals surface area contributed by atoms with Crippen molar-refractivity contribution in [1.82, 2.24) is 5.32 Å². The molecule has 0 heterocycles. The van der Waals surface area contributed by atoms with Gasteiger partial charge in [0.25, 0.3) is 0 Å². The van der Waals surface area contributed by atoms with E-state index in [4.69, 9.17) is 4.74 Å². The third-order valence-electron chi connectivity index (χ3n) is 2.39. The summed E-state index contributed by atoms with van der Waals surface area (Å²) in [5.41, 5.74) is -0.271. The fourth-order valence-corrected chi connectivity index (χ4v) is 1.35. The van der Waals surface area contributed by atoms with Crippen LogP contribution in [-0.4, -0.2) is 24.1 Å². The minimum Gasteiger partial charge on any atom is -0.486 e. The van der Waals surface area contributed by atoms with Gasteiger partial charge < -0.3 is 10.1 Å². The van der Waals surface area contributed by atoms with Crippen LogP contribution in [0.4, 0.5) is 14.5 Å². The van der Waals surface area contributed by atoms with E-state index in [1.165, 1.54) is 0 Å². The normalized spacial score (nSPS) is 10.7. The Morgan fingerprint density at radius 3 is 2.65 bits per heavy atom. The number of nitro benzene ring substituents is 1. The van der Waals surface area contributed by atoms with Crippen LogP contribution in [0, 0.1) is 21.7 Å². The van der Waals surface area contributed by atoms with Gasteiger partial charge in [0.05, 0.1) is 11.0 Å². The Labute approximate surface area is 115 Å². The first-order valence-electron chi connectivity index (χ1n) is 5.97. The molecule has 110 valence electrons. The topological polar surface area (TPSA) is 64.4 Å². The van der Waals surface area contributed by atoms with E-state index in [2.05, 4.69) is 11.9 Å². The molecule has 0 aliphatic carbocycles. The van der Waals surface area contributed by atoms with Crippen molar-refractivity contribution in [1.29, 1.82) is 0 Å². The lowest BCUT2D eigenvalue weighted by molar-refractivity contribution is -0.387. The Kier molecular flexibility index (Phi) is 5.57. The van der Waals surface area contributed by atoms with E-state index < -0.39 is 22.2 Å². The molecule has 1 aromatic carbocycles. The summed E-state index contributed by atoms with van der Waals surface area (Å²) in [7, 11) is 0. The van der Waals surface area contributed by atoms with Crippen molar-refractivity contribution in [3.63, 3.8) is 0 Å². The maximum absolute atomic E-state index is 13.5. The molecule has 0 fully saturated rings. The van der Waals surface area contributed by atoms with Crippen LogP contribution >= 0.6 is 0 Å². The van der Waals surface area contributed by atoms with Gasteiger partial charge in [-0.3, -0.25) is 10.1 Å². The third kappa shape index (κ3) is 4.58. The van der Waals surface area contributed by atoms with Gasteiger partial charge in [-0.1, -0.05) is 20.4 Å². The van der Waals surface area contributed by atoms with Crippen LogP contribution in [0.3, 0.4) is 0 Å². The molecule has 5 nitrogen and oxygen atoms in total. The van der Waals surface area contributed by atoms with Crippen molar-refractivity contribution in [3.05, 3.63) is 46.0 Å². The quantitative estimate of drug-likeness (QED) is 0.475. The standard InChI is InChI=1S/C13H16F2N2O3/c1-8(2)16-6-9(3)7-20-13-5-10(14)12(17(18)19)4-11(13)15/h4-5,8,16H,3,6-7H2,1-2H3. The van der Waals surface area contributed by atoms with Crippen molar-refractivity contribution in [3.8, 4) is 5.75 Å². The molecule has 0 atom stereocenters. The van der Waals surface area contributed by atoms with Gasteiger partial charge in [0.1, 0.15) is 6.61 Å². The number of nitrogens with zero attached hydrogens (tertiary/aromatic N) is 1. The van der Waals surface area contributed by atoms with Crippen LogP contribution in [0.1, 0.15) is 13.8 Å². The summed E-state index contributed by atoms with van der Waals surface area (Å²) >= 11 is 0. The highest BCUT2D eigenvalue weighted by Gasteiger charge is 2.19. The smallest absolute Gasteiger partial charge is 0.307 e. The monoisotopic (exact) mass is 286 g/mol. The van der Waals surface area contributed by atoms with E-state index in [0.717, 1.165) is 0 Å². The second-order valence-corrected chi connectivity index (χ2v) is 4.57. The first-order chi connectivity index (χ1) is 9.31. The predicted octanol–water partition coefficient (Wildman–Crippen LogP) is 2.81. The number of nitro groups is 1. The lowest BCUT2D eigenvalue weighted by Gasteiger charge is -2.12. The molecular formula is C13H16F2N2O3. The zero-order chi connectivity index (χ0) is 15.3. The summed E-state index contributed by atoms with van der Waals surface area (Å²) in [6.07, 6.45) is 0. The number of benzene rings is 1. The first kappa shape index (κ1) is 16.0. The Bertz CT molecular complexity index is 519. The van der Waals surface area contributed by atoms with Gasteiger partial charge in [-0.15, -0.1) is 0 Å². The second-order valence-electron chi connectivity index (χ2n) is 4.57. The second kappa shape index (κ2) is 6.95. The molecule has 1 rings (SSSR count). The zero-order valence-corrected chi connectivity index (χ0v) is 11.3. The van der Waals surface area contributed by atoms with Crippen molar-refractivity contribution in [2.45, 2.75) is 19.9 Å². The van der Waals surface area contributed by atoms with Crippen molar-refractivity contribution in [2.24, 2.45) is 0 Å². The molecule has 0 aromatic heterocycles. The Morgan fingerprint density at radius 1 is 1.45 bits per heavy atom. The Morgan fingerprint density at radius 2 is 2.10 bits per heavy atom. The molecule has 1 aromatic rings. The molecular weight excluding hydrogens is 270 g/mol. The summed E-state index contributed by atoms with van der Waals surface area (Å²) in [5.74, 6) is -2.50. The molecule has 7 heteroatoms. The molecule has 0 radical (unpaired) electrons. The molecule has 0 unspecified atom stereocenters. The molecule has 0 saturated carbocycles. The molecule has 0 aliphatic heterocycles.